The highest BCUT2D eigenvalue weighted by molar-refractivity contribution is 7.89. The molecular weight excluding hydrogens is 505 g/mol. The van der Waals surface area contributed by atoms with Gasteiger partial charge < -0.3 is 9.47 Å². The van der Waals surface area contributed by atoms with Crippen LogP contribution in [0.4, 0.5) is 0 Å². The summed E-state index contributed by atoms with van der Waals surface area (Å²) >= 11 is 12.3. The molecule has 1 fully saturated rings. The van der Waals surface area contributed by atoms with Gasteiger partial charge in [0.25, 0.3) is 0 Å². The monoisotopic (exact) mass is 531 g/mol. The fourth-order valence-electron chi connectivity index (χ4n) is 4.75. The van der Waals surface area contributed by atoms with Crippen LogP contribution in [0.2, 0.25) is 10.0 Å². The molecule has 0 aliphatic carbocycles. The summed E-state index contributed by atoms with van der Waals surface area (Å²) in [6, 6.07) is 18.2. The fourth-order valence-corrected chi connectivity index (χ4v) is 6.73. The van der Waals surface area contributed by atoms with Crippen molar-refractivity contribution in [1.82, 2.24) is 4.72 Å². The van der Waals surface area contributed by atoms with Crippen molar-refractivity contribution in [3.05, 3.63) is 81.8 Å². The van der Waals surface area contributed by atoms with E-state index in [1.807, 2.05) is 50.2 Å². The van der Waals surface area contributed by atoms with Crippen LogP contribution in [-0.2, 0) is 26.7 Å². The van der Waals surface area contributed by atoms with Crippen molar-refractivity contribution >= 4 is 33.2 Å². The van der Waals surface area contributed by atoms with E-state index in [-0.39, 0.29) is 17.1 Å². The van der Waals surface area contributed by atoms with E-state index in [0.717, 1.165) is 40.8 Å². The Labute approximate surface area is 216 Å². The predicted molar refractivity (Wildman–Crippen MR) is 139 cm³/mol. The number of fused-ring (bicyclic) bond motifs is 1. The van der Waals surface area contributed by atoms with E-state index in [1.165, 1.54) is 0 Å². The molecule has 8 heteroatoms. The minimum Gasteiger partial charge on any atom is -0.488 e. The van der Waals surface area contributed by atoms with Gasteiger partial charge >= 0.3 is 0 Å². The first kappa shape index (κ1) is 24.6. The zero-order valence-corrected chi connectivity index (χ0v) is 21.9. The average Bonchev–Trinajstić information content (AvgIpc) is 3.26. The fraction of sp³-hybridized carbons (Fsp3) is 0.333. The third-order valence-electron chi connectivity index (χ3n) is 6.71. The zero-order valence-electron chi connectivity index (χ0n) is 19.6. The molecule has 184 valence electrons. The van der Waals surface area contributed by atoms with Crippen molar-refractivity contribution in [1.29, 1.82) is 0 Å². The maximum atomic E-state index is 13.5. The first-order valence-corrected chi connectivity index (χ1v) is 13.8. The summed E-state index contributed by atoms with van der Waals surface area (Å²) < 4.78 is 41.7. The molecular formula is C27H27Cl2NO4S. The van der Waals surface area contributed by atoms with Crippen molar-refractivity contribution in [2.24, 2.45) is 0 Å². The van der Waals surface area contributed by atoms with Crippen LogP contribution in [0.5, 0.6) is 5.75 Å². The molecule has 2 heterocycles. The van der Waals surface area contributed by atoms with Crippen LogP contribution in [0.25, 0.3) is 11.1 Å². The minimum atomic E-state index is -3.81. The minimum absolute atomic E-state index is 0.232. The van der Waals surface area contributed by atoms with Gasteiger partial charge in [-0.1, -0.05) is 47.5 Å². The summed E-state index contributed by atoms with van der Waals surface area (Å²) in [6.07, 6.45) is 2.14. The molecule has 0 spiro atoms. The molecule has 3 aromatic rings. The Hall–Kier alpha value is -2.09. The molecule has 0 saturated carbocycles. The maximum Gasteiger partial charge on any atom is 0.241 e. The highest BCUT2D eigenvalue weighted by atomic mass is 35.5. The highest BCUT2D eigenvalue weighted by Crippen LogP contribution is 2.37. The third kappa shape index (κ3) is 5.09. The Morgan fingerprint density at radius 2 is 1.60 bits per heavy atom. The van der Waals surface area contributed by atoms with E-state index < -0.39 is 15.6 Å². The molecule has 3 aromatic carbocycles. The molecule has 2 aliphatic heterocycles. The average molecular weight is 532 g/mol. The van der Waals surface area contributed by atoms with Crippen LogP contribution < -0.4 is 9.46 Å². The largest absolute Gasteiger partial charge is 0.488 e. The molecule has 0 bridgehead atoms. The Morgan fingerprint density at radius 3 is 2.26 bits per heavy atom. The lowest BCUT2D eigenvalue weighted by Crippen LogP contribution is -2.46. The van der Waals surface area contributed by atoms with Crippen LogP contribution in [0.3, 0.4) is 0 Å². The SMILES string of the molecule is CC1(C)CCc2cc(S(=O)(=O)NC3(c4ccc(-c5cc(Cl)cc(Cl)c5)cc4)CCOC3)ccc2O1. The molecule has 1 N–H and O–H groups in total. The summed E-state index contributed by atoms with van der Waals surface area (Å²) in [5.41, 5.74) is 2.49. The van der Waals surface area contributed by atoms with Gasteiger partial charge in [-0.3, -0.25) is 0 Å². The van der Waals surface area contributed by atoms with Gasteiger partial charge in [0.2, 0.25) is 10.0 Å². The van der Waals surface area contributed by atoms with Gasteiger partial charge in [-0.2, -0.15) is 4.72 Å². The van der Waals surface area contributed by atoms with Gasteiger partial charge in [0.15, 0.2) is 0 Å². The van der Waals surface area contributed by atoms with Crippen LogP contribution >= 0.6 is 23.2 Å². The summed E-state index contributed by atoms with van der Waals surface area (Å²) in [6.45, 7) is 4.81. The molecule has 5 rings (SSSR count). The number of hydrogen-bond donors (Lipinski definition) is 1. The van der Waals surface area contributed by atoms with Crippen LogP contribution in [-0.4, -0.2) is 27.2 Å². The lowest BCUT2D eigenvalue weighted by atomic mass is 9.89. The van der Waals surface area contributed by atoms with Crippen molar-refractivity contribution in [3.63, 3.8) is 0 Å². The molecule has 1 atom stereocenters. The molecule has 1 saturated heterocycles. The number of nitrogens with one attached hydrogen (secondary N) is 1. The smallest absolute Gasteiger partial charge is 0.241 e. The Morgan fingerprint density at radius 1 is 0.886 bits per heavy atom. The Bertz CT molecular complexity index is 1340. The number of sulfonamides is 1. The van der Waals surface area contributed by atoms with Crippen molar-refractivity contribution < 1.29 is 17.9 Å². The van der Waals surface area contributed by atoms with Crippen LogP contribution in [0.15, 0.2) is 65.6 Å². The normalized spacial score (nSPS) is 21.4. The number of halogens is 2. The lowest BCUT2D eigenvalue weighted by molar-refractivity contribution is 0.0845. The zero-order chi connectivity index (χ0) is 24.8. The molecule has 2 aliphatic rings. The molecule has 0 aromatic heterocycles. The van der Waals surface area contributed by atoms with E-state index in [0.29, 0.717) is 23.1 Å². The number of hydrogen-bond acceptors (Lipinski definition) is 4. The second-order valence-electron chi connectivity index (χ2n) is 9.86. The molecule has 0 amide bonds. The predicted octanol–water partition coefficient (Wildman–Crippen LogP) is 6.36. The number of rotatable bonds is 5. The van der Waals surface area contributed by atoms with Gasteiger partial charge in [0.1, 0.15) is 11.4 Å². The van der Waals surface area contributed by atoms with Gasteiger partial charge in [-0.05, 0) is 91.8 Å². The van der Waals surface area contributed by atoms with E-state index in [2.05, 4.69) is 4.72 Å². The standard InChI is InChI=1S/C27H27Cl2NO4S/c1-26(2)10-9-19-15-24(7-8-25(19)34-26)35(31,32)30-27(11-12-33-17-27)21-5-3-18(4-6-21)20-13-22(28)16-23(29)14-20/h3-8,13-16,30H,9-12,17H2,1-2H3. The number of aryl methyl sites for hydroxylation is 1. The first-order chi connectivity index (χ1) is 16.6. The quantitative estimate of drug-likeness (QED) is 0.416. The van der Waals surface area contributed by atoms with Gasteiger partial charge in [-0.25, -0.2) is 8.42 Å². The van der Waals surface area contributed by atoms with E-state index in [9.17, 15) is 8.42 Å². The summed E-state index contributed by atoms with van der Waals surface area (Å²) in [5.74, 6) is 0.746. The van der Waals surface area contributed by atoms with Crippen molar-refractivity contribution in [2.75, 3.05) is 13.2 Å². The van der Waals surface area contributed by atoms with Crippen LogP contribution in [0.1, 0.15) is 37.8 Å². The number of ether oxygens (including phenoxy) is 2. The summed E-state index contributed by atoms with van der Waals surface area (Å²) in [4.78, 5) is 0.232. The first-order valence-electron chi connectivity index (χ1n) is 11.6. The Kier molecular flexibility index (Phi) is 6.39. The summed E-state index contributed by atoms with van der Waals surface area (Å²) in [7, 11) is -3.81. The maximum absolute atomic E-state index is 13.5. The molecule has 5 nitrogen and oxygen atoms in total. The topological polar surface area (TPSA) is 64.6 Å². The lowest BCUT2D eigenvalue weighted by Gasteiger charge is -2.33. The highest BCUT2D eigenvalue weighted by Gasteiger charge is 2.41. The van der Waals surface area contributed by atoms with Gasteiger partial charge in [-0.15, -0.1) is 0 Å². The number of benzene rings is 3. The molecule has 0 radical (unpaired) electrons. The van der Waals surface area contributed by atoms with E-state index >= 15 is 0 Å². The van der Waals surface area contributed by atoms with E-state index in [1.54, 1.807) is 24.3 Å². The third-order valence-corrected chi connectivity index (χ3v) is 8.68. The second-order valence-corrected chi connectivity index (χ2v) is 12.4. The van der Waals surface area contributed by atoms with Crippen molar-refractivity contribution in [2.45, 2.75) is 49.1 Å². The summed E-state index contributed by atoms with van der Waals surface area (Å²) in [5, 5.41) is 1.12. The van der Waals surface area contributed by atoms with Crippen molar-refractivity contribution in [3.8, 4) is 16.9 Å². The van der Waals surface area contributed by atoms with Gasteiger partial charge in [0.05, 0.1) is 17.0 Å². The van der Waals surface area contributed by atoms with Gasteiger partial charge in [0, 0.05) is 16.7 Å². The second kappa shape index (κ2) is 9.09. The van der Waals surface area contributed by atoms with E-state index in [4.69, 9.17) is 32.7 Å². The van der Waals surface area contributed by atoms with Crippen LogP contribution in [0, 0.1) is 0 Å². The Balaban J connectivity index is 1.44. The molecule has 35 heavy (non-hydrogen) atoms. The molecule has 1 unspecified atom stereocenters.